The molecule has 0 fully saturated rings. The highest BCUT2D eigenvalue weighted by Crippen LogP contribution is 2.32. The maximum Gasteiger partial charge on any atom is 0.265 e. The Morgan fingerprint density at radius 1 is 1.50 bits per heavy atom. The molecule has 0 aromatic carbocycles. The molecular weight excluding hydrogens is 303 g/mol. The summed E-state index contributed by atoms with van der Waals surface area (Å²) in [4.78, 5) is 2.82. The summed E-state index contributed by atoms with van der Waals surface area (Å²) in [5, 5.41) is 0. The summed E-state index contributed by atoms with van der Waals surface area (Å²) in [6, 6.07) is 0.907. The van der Waals surface area contributed by atoms with E-state index in [0.29, 0.717) is 0 Å². The van der Waals surface area contributed by atoms with Crippen LogP contribution in [0.5, 0.6) is 0 Å². The lowest BCUT2D eigenvalue weighted by Crippen LogP contribution is -2.01. The summed E-state index contributed by atoms with van der Waals surface area (Å²) in [5.41, 5.74) is -0.665. The van der Waals surface area contributed by atoms with Gasteiger partial charge in [0, 0.05) is 22.4 Å². The second-order valence-corrected chi connectivity index (χ2v) is 5.51. The number of aromatic nitrogens is 1. The molecule has 0 amide bonds. The maximum atomic E-state index is 12.4. The van der Waals surface area contributed by atoms with Crippen LogP contribution in [0.15, 0.2) is 21.8 Å². The van der Waals surface area contributed by atoms with E-state index in [0.717, 1.165) is 12.3 Å². The van der Waals surface area contributed by atoms with Crippen molar-refractivity contribution in [2.45, 2.75) is 11.3 Å². The molecule has 0 saturated heterocycles. The molecule has 0 saturated carbocycles. The van der Waals surface area contributed by atoms with Crippen LogP contribution in [0.3, 0.4) is 0 Å². The van der Waals surface area contributed by atoms with E-state index in [9.17, 15) is 17.2 Å². The van der Waals surface area contributed by atoms with E-state index in [1.165, 1.54) is 0 Å². The summed E-state index contributed by atoms with van der Waals surface area (Å²) >= 11 is 2.74. The van der Waals surface area contributed by atoms with E-state index in [4.69, 9.17) is 10.7 Å². The van der Waals surface area contributed by atoms with Gasteiger partial charge in [0.25, 0.3) is 15.5 Å². The third-order valence-electron chi connectivity index (χ3n) is 1.37. The fourth-order valence-electron chi connectivity index (χ4n) is 0.850. The van der Waals surface area contributed by atoms with Crippen LogP contribution < -0.4 is 0 Å². The minimum Gasteiger partial charge on any atom is -0.248 e. The van der Waals surface area contributed by atoms with Crippen molar-refractivity contribution in [3.05, 3.63) is 22.4 Å². The second kappa shape index (κ2) is 4.08. The third-order valence-corrected chi connectivity index (χ3v) is 3.61. The summed E-state index contributed by atoms with van der Waals surface area (Å²) in [5.74, 6) is 0. The number of alkyl halides is 2. The number of nitrogens with zero attached hydrogens (tertiary/aromatic N) is 1. The molecule has 14 heavy (non-hydrogen) atoms. The van der Waals surface area contributed by atoms with Gasteiger partial charge in [-0.25, -0.2) is 22.2 Å². The summed E-state index contributed by atoms with van der Waals surface area (Å²) in [7, 11) is 0.756. The van der Waals surface area contributed by atoms with Crippen LogP contribution in [0.4, 0.5) is 8.78 Å². The monoisotopic (exact) mass is 305 g/mol. The Labute approximate surface area is 91.6 Å². The van der Waals surface area contributed by atoms with E-state index >= 15 is 0 Å². The molecule has 0 aliphatic carbocycles. The van der Waals surface area contributed by atoms with Gasteiger partial charge in [-0.1, -0.05) is 0 Å². The van der Waals surface area contributed by atoms with Crippen molar-refractivity contribution >= 4 is 35.7 Å². The van der Waals surface area contributed by atoms with Gasteiger partial charge in [0.1, 0.15) is 9.50 Å². The van der Waals surface area contributed by atoms with Gasteiger partial charge < -0.3 is 0 Å². The molecule has 78 valence electrons. The number of pyridine rings is 1. The van der Waals surface area contributed by atoms with Gasteiger partial charge in [0.2, 0.25) is 0 Å². The van der Waals surface area contributed by atoms with Crippen LogP contribution in [0, 0.1) is 0 Å². The number of hydrogen-bond donors (Lipinski definition) is 0. The van der Waals surface area contributed by atoms with E-state index in [-0.39, 0.29) is 4.60 Å². The first-order valence-electron chi connectivity index (χ1n) is 3.21. The molecule has 0 spiro atoms. The van der Waals surface area contributed by atoms with E-state index < -0.39 is 25.9 Å². The molecule has 0 aliphatic rings. The minimum atomic E-state index is -4.23. The molecule has 1 aromatic rings. The van der Waals surface area contributed by atoms with Crippen molar-refractivity contribution < 1.29 is 17.2 Å². The zero-order chi connectivity index (χ0) is 10.9. The Balaban J connectivity index is 3.54. The average molecular weight is 307 g/mol. The molecule has 0 aliphatic heterocycles. The second-order valence-electron chi connectivity index (χ2n) is 2.26. The molecular formula is C6H3BrClF2NO2S. The molecule has 1 heterocycles. The van der Waals surface area contributed by atoms with Gasteiger partial charge in [-0.2, -0.15) is 0 Å². The van der Waals surface area contributed by atoms with Crippen LogP contribution in [-0.2, 0) is 9.05 Å². The lowest BCUT2D eigenvalue weighted by Gasteiger charge is -2.06. The van der Waals surface area contributed by atoms with Gasteiger partial charge in [-0.3, -0.25) is 0 Å². The molecule has 8 heteroatoms. The average Bonchev–Trinajstić information content (AvgIpc) is 2.01. The molecule has 0 N–H and O–H groups in total. The zero-order valence-electron chi connectivity index (χ0n) is 6.42. The quantitative estimate of drug-likeness (QED) is 0.623. The molecule has 0 radical (unpaired) electrons. The molecule has 3 nitrogen and oxygen atoms in total. The number of hydrogen-bond acceptors (Lipinski definition) is 3. The summed E-state index contributed by atoms with van der Waals surface area (Å²) in [6.45, 7) is 0. The normalized spacial score (nSPS) is 12.1. The third kappa shape index (κ3) is 2.40. The Morgan fingerprint density at radius 2 is 2.07 bits per heavy atom. The van der Waals surface area contributed by atoms with Gasteiger partial charge in [0.15, 0.2) is 0 Å². The van der Waals surface area contributed by atoms with Crippen molar-refractivity contribution in [3.63, 3.8) is 0 Å². The van der Waals surface area contributed by atoms with Crippen LogP contribution in [0.25, 0.3) is 0 Å². The van der Waals surface area contributed by atoms with Crippen molar-refractivity contribution in [3.8, 4) is 0 Å². The number of halogens is 4. The standard InChI is InChI=1S/C6H3BrClF2NO2S/c7-5-4(14(8,12)13)3(6(9)10)1-2-11-5/h1-2,6H. The van der Waals surface area contributed by atoms with E-state index in [1.807, 2.05) is 0 Å². The highest BCUT2D eigenvalue weighted by atomic mass is 79.9. The van der Waals surface area contributed by atoms with E-state index in [1.54, 1.807) is 0 Å². The van der Waals surface area contributed by atoms with E-state index in [2.05, 4.69) is 20.9 Å². The fraction of sp³-hybridized carbons (Fsp3) is 0.167. The molecule has 0 bridgehead atoms. The topological polar surface area (TPSA) is 47.0 Å². The van der Waals surface area contributed by atoms with Crippen LogP contribution in [0.2, 0.25) is 0 Å². The predicted molar refractivity (Wildman–Crippen MR) is 49.9 cm³/mol. The largest absolute Gasteiger partial charge is 0.265 e. The SMILES string of the molecule is O=S(=O)(Cl)c1c(C(F)F)ccnc1Br. The minimum absolute atomic E-state index is 0.217. The van der Waals surface area contributed by atoms with Crippen LogP contribution >= 0.6 is 26.6 Å². The van der Waals surface area contributed by atoms with Gasteiger partial charge in [-0.15, -0.1) is 0 Å². The van der Waals surface area contributed by atoms with Crippen molar-refractivity contribution in [2.75, 3.05) is 0 Å². The Kier molecular flexibility index (Phi) is 3.44. The lowest BCUT2D eigenvalue weighted by atomic mass is 10.3. The number of rotatable bonds is 2. The fourth-order valence-corrected chi connectivity index (χ4v) is 3.29. The smallest absolute Gasteiger partial charge is 0.248 e. The van der Waals surface area contributed by atoms with Crippen molar-refractivity contribution in [1.82, 2.24) is 4.98 Å². The molecule has 0 unspecified atom stereocenters. The first kappa shape index (κ1) is 11.8. The van der Waals surface area contributed by atoms with Gasteiger partial charge in [0.05, 0.1) is 0 Å². The van der Waals surface area contributed by atoms with Crippen LogP contribution in [0.1, 0.15) is 12.0 Å². The van der Waals surface area contributed by atoms with Gasteiger partial charge in [-0.05, 0) is 22.0 Å². The molecule has 1 aromatic heterocycles. The zero-order valence-corrected chi connectivity index (χ0v) is 9.57. The first-order chi connectivity index (χ1) is 6.34. The Bertz CT molecular complexity index is 451. The summed E-state index contributed by atoms with van der Waals surface area (Å²) in [6.07, 6.45) is -1.85. The lowest BCUT2D eigenvalue weighted by molar-refractivity contribution is 0.147. The summed E-state index contributed by atoms with van der Waals surface area (Å²) < 4.78 is 46.4. The van der Waals surface area contributed by atoms with Crippen LogP contribution in [-0.4, -0.2) is 13.4 Å². The molecule has 0 atom stereocenters. The Morgan fingerprint density at radius 3 is 2.43 bits per heavy atom. The highest BCUT2D eigenvalue weighted by Gasteiger charge is 2.25. The first-order valence-corrected chi connectivity index (χ1v) is 6.31. The predicted octanol–water partition coefficient (Wildman–Crippen LogP) is 2.71. The van der Waals surface area contributed by atoms with Gasteiger partial charge >= 0.3 is 0 Å². The highest BCUT2D eigenvalue weighted by molar-refractivity contribution is 9.10. The Hall–Kier alpha value is -0.270. The van der Waals surface area contributed by atoms with Crippen molar-refractivity contribution in [1.29, 1.82) is 0 Å². The molecule has 1 rings (SSSR count). The van der Waals surface area contributed by atoms with Crippen molar-refractivity contribution in [2.24, 2.45) is 0 Å². The maximum absolute atomic E-state index is 12.4.